The smallest absolute Gasteiger partial charge is 0.256 e. The highest BCUT2D eigenvalue weighted by Crippen LogP contribution is 2.32. The summed E-state index contributed by atoms with van der Waals surface area (Å²) in [5.41, 5.74) is 1.24. The Hall–Kier alpha value is -2.46. The van der Waals surface area contributed by atoms with Gasteiger partial charge in [0.15, 0.2) is 10.8 Å². The normalized spacial score (nSPS) is 22.7. The van der Waals surface area contributed by atoms with Crippen LogP contribution >= 0.6 is 11.6 Å². The van der Waals surface area contributed by atoms with Crippen molar-refractivity contribution < 1.29 is 13.9 Å². The second-order valence-corrected chi connectivity index (χ2v) is 6.90. The van der Waals surface area contributed by atoms with Crippen molar-refractivity contribution in [2.24, 2.45) is 0 Å². The molecule has 2 atom stereocenters. The van der Waals surface area contributed by atoms with Crippen molar-refractivity contribution in [3.63, 3.8) is 0 Å². The molecule has 2 aliphatic heterocycles. The lowest BCUT2D eigenvalue weighted by Crippen LogP contribution is -2.31. The summed E-state index contributed by atoms with van der Waals surface area (Å²) in [5, 5.41) is 12.9. The van der Waals surface area contributed by atoms with Gasteiger partial charge >= 0.3 is 0 Å². The molecule has 3 aromatic heterocycles. The number of ether oxygens (including phenoxy) is 2. The highest BCUT2D eigenvalue weighted by atomic mass is 35.5. The third kappa shape index (κ3) is 2.98. The van der Waals surface area contributed by atoms with Gasteiger partial charge in [0.2, 0.25) is 5.95 Å². The first kappa shape index (κ1) is 16.7. The Morgan fingerprint density at radius 2 is 2.22 bits per heavy atom. The van der Waals surface area contributed by atoms with Crippen LogP contribution in [0.15, 0.2) is 12.4 Å². The van der Waals surface area contributed by atoms with Crippen LogP contribution in [0.3, 0.4) is 0 Å². The molecule has 2 aliphatic rings. The van der Waals surface area contributed by atoms with Crippen LogP contribution in [-0.2, 0) is 11.3 Å². The maximum absolute atomic E-state index is 14.2. The van der Waals surface area contributed by atoms with Crippen molar-refractivity contribution in [2.75, 3.05) is 25.1 Å². The predicted octanol–water partition coefficient (Wildman–Crippen LogP) is 2.50. The van der Waals surface area contributed by atoms with Gasteiger partial charge in [-0.1, -0.05) is 11.6 Å². The average molecular weight is 394 g/mol. The lowest BCUT2D eigenvalue weighted by atomic mass is 10.1. The number of fused-ring (bicyclic) bond motifs is 2. The monoisotopic (exact) mass is 393 g/mol. The summed E-state index contributed by atoms with van der Waals surface area (Å²) in [4.78, 5) is 8.82. The second kappa shape index (κ2) is 6.61. The minimum Gasteiger partial charge on any atom is -0.475 e. The molecule has 1 saturated heterocycles. The van der Waals surface area contributed by atoms with Gasteiger partial charge in [-0.25, -0.2) is 14.1 Å². The fraction of sp³-hybridized carbons (Fsp3) is 0.500. The molecule has 0 radical (unpaired) electrons. The van der Waals surface area contributed by atoms with Gasteiger partial charge in [-0.05, 0) is 6.42 Å². The van der Waals surface area contributed by atoms with Crippen molar-refractivity contribution in [3.8, 4) is 5.88 Å². The van der Waals surface area contributed by atoms with Gasteiger partial charge < -0.3 is 14.8 Å². The molecule has 3 aromatic rings. The predicted molar refractivity (Wildman–Crippen MR) is 95.3 cm³/mol. The van der Waals surface area contributed by atoms with Crippen LogP contribution in [0.5, 0.6) is 5.88 Å². The number of aromatic nitrogens is 6. The summed E-state index contributed by atoms with van der Waals surface area (Å²) >= 11 is 6.16. The van der Waals surface area contributed by atoms with E-state index >= 15 is 0 Å². The van der Waals surface area contributed by atoms with Crippen molar-refractivity contribution in [2.45, 2.75) is 31.6 Å². The molecule has 9 nitrogen and oxygen atoms in total. The number of aryl methyl sites for hydroxylation is 1. The van der Waals surface area contributed by atoms with E-state index in [9.17, 15) is 4.39 Å². The Morgan fingerprint density at radius 3 is 3.11 bits per heavy atom. The molecule has 142 valence electrons. The summed E-state index contributed by atoms with van der Waals surface area (Å²) in [5.74, 6) is 0.769. The van der Waals surface area contributed by atoms with E-state index in [1.807, 2.05) is 0 Å². The number of halogens is 2. The van der Waals surface area contributed by atoms with Crippen LogP contribution in [0.25, 0.3) is 11.0 Å². The van der Waals surface area contributed by atoms with Crippen LogP contribution in [-0.4, -0.2) is 55.5 Å². The van der Waals surface area contributed by atoms with Crippen molar-refractivity contribution in [1.82, 2.24) is 29.5 Å². The Balaban J connectivity index is 1.53. The molecular formula is C16H17ClFN7O2. The van der Waals surface area contributed by atoms with Gasteiger partial charge in [0, 0.05) is 25.8 Å². The lowest BCUT2D eigenvalue weighted by molar-refractivity contribution is -0.000436. The van der Waals surface area contributed by atoms with Gasteiger partial charge in [-0.2, -0.15) is 10.1 Å². The van der Waals surface area contributed by atoms with Gasteiger partial charge in [0.05, 0.1) is 30.8 Å². The Kier molecular flexibility index (Phi) is 4.09. The zero-order valence-electron chi connectivity index (χ0n) is 14.3. The molecule has 0 unspecified atom stereocenters. The number of nitrogens with one attached hydrogen (secondary N) is 1. The third-order valence-electron chi connectivity index (χ3n) is 4.73. The van der Waals surface area contributed by atoms with Gasteiger partial charge in [0.1, 0.15) is 11.9 Å². The summed E-state index contributed by atoms with van der Waals surface area (Å²) < 4.78 is 28.6. The largest absolute Gasteiger partial charge is 0.475 e. The number of rotatable bonds is 1. The van der Waals surface area contributed by atoms with Gasteiger partial charge in [-0.15, -0.1) is 5.10 Å². The standard InChI is InChI=1S/C16H17ClFN7O2/c17-13-9-6-19-16-20-11-7-25(12-2-5-26-8-10(12)18)23-15(11)27-4-1-3-24(22-13)14(9)21-16/h6-7,10,12H,1-5,8H2,(H,19,20,21)/t10-,12-/m1/s1. The van der Waals surface area contributed by atoms with E-state index in [-0.39, 0.29) is 12.6 Å². The molecule has 27 heavy (non-hydrogen) atoms. The fourth-order valence-corrected chi connectivity index (χ4v) is 3.59. The van der Waals surface area contributed by atoms with Crippen molar-refractivity contribution >= 4 is 34.3 Å². The first-order valence-electron chi connectivity index (χ1n) is 8.79. The van der Waals surface area contributed by atoms with Crippen molar-refractivity contribution in [1.29, 1.82) is 0 Å². The van der Waals surface area contributed by atoms with Gasteiger partial charge in [0.25, 0.3) is 5.88 Å². The summed E-state index contributed by atoms with van der Waals surface area (Å²) in [7, 11) is 0. The Morgan fingerprint density at radius 1 is 1.30 bits per heavy atom. The molecule has 5 heterocycles. The minimum atomic E-state index is -1.11. The zero-order chi connectivity index (χ0) is 18.4. The molecule has 0 aliphatic carbocycles. The number of anilines is 2. The minimum absolute atomic E-state index is 0.0774. The van der Waals surface area contributed by atoms with E-state index in [0.29, 0.717) is 66.3 Å². The zero-order valence-corrected chi connectivity index (χ0v) is 15.1. The molecule has 5 rings (SSSR count). The highest BCUT2D eigenvalue weighted by Gasteiger charge is 2.29. The number of alkyl halides is 1. The molecule has 2 bridgehead atoms. The molecule has 11 heteroatoms. The van der Waals surface area contributed by atoms with Crippen LogP contribution in [0.2, 0.25) is 5.15 Å². The first-order chi connectivity index (χ1) is 13.2. The molecule has 1 fully saturated rings. The fourth-order valence-electron chi connectivity index (χ4n) is 3.37. The summed E-state index contributed by atoms with van der Waals surface area (Å²) in [6.45, 7) is 1.62. The van der Waals surface area contributed by atoms with E-state index in [1.54, 1.807) is 21.8 Å². The van der Waals surface area contributed by atoms with Gasteiger partial charge in [-0.3, -0.25) is 4.68 Å². The van der Waals surface area contributed by atoms with Crippen LogP contribution in [0, 0.1) is 0 Å². The Bertz CT molecular complexity index is 991. The lowest BCUT2D eigenvalue weighted by Gasteiger charge is -2.26. The second-order valence-electron chi connectivity index (χ2n) is 6.55. The Labute approximate surface area is 158 Å². The number of hydrogen-bond acceptors (Lipinski definition) is 7. The molecular weight excluding hydrogens is 377 g/mol. The van der Waals surface area contributed by atoms with E-state index in [4.69, 9.17) is 21.1 Å². The van der Waals surface area contributed by atoms with Crippen LogP contribution in [0.4, 0.5) is 16.0 Å². The quantitative estimate of drug-likeness (QED) is 0.679. The first-order valence-corrected chi connectivity index (χ1v) is 9.16. The molecule has 0 spiro atoms. The maximum Gasteiger partial charge on any atom is 0.256 e. The topological polar surface area (TPSA) is 91.9 Å². The SMILES string of the molecule is F[C@@H]1COCC[C@H]1n1cc2c(n1)OCCCn1nc(Cl)c3cnc(nc31)N2. The summed E-state index contributed by atoms with van der Waals surface area (Å²) in [6.07, 6.45) is 3.51. The molecule has 1 N–H and O–H groups in total. The molecule has 0 saturated carbocycles. The molecule has 0 amide bonds. The van der Waals surface area contributed by atoms with E-state index in [2.05, 4.69) is 25.5 Å². The van der Waals surface area contributed by atoms with E-state index in [1.165, 1.54) is 0 Å². The molecule has 0 aromatic carbocycles. The maximum atomic E-state index is 14.2. The highest BCUT2D eigenvalue weighted by molar-refractivity contribution is 6.34. The van der Waals surface area contributed by atoms with Crippen LogP contribution < -0.4 is 10.1 Å². The number of hydrogen-bond donors (Lipinski definition) is 1. The van der Waals surface area contributed by atoms with E-state index < -0.39 is 6.17 Å². The van der Waals surface area contributed by atoms with E-state index in [0.717, 1.165) is 0 Å². The summed E-state index contributed by atoms with van der Waals surface area (Å²) in [6, 6.07) is -0.381. The number of nitrogens with zero attached hydrogens (tertiary/aromatic N) is 6. The average Bonchev–Trinajstić information content (AvgIpc) is 3.19. The third-order valence-corrected chi connectivity index (χ3v) is 5.01. The van der Waals surface area contributed by atoms with Crippen molar-refractivity contribution in [3.05, 3.63) is 17.5 Å². The van der Waals surface area contributed by atoms with Crippen LogP contribution in [0.1, 0.15) is 18.9 Å².